The number of nitrogens with zero attached hydrogens (tertiary/aromatic N) is 3. The molecule has 0 unspecified atom stereocenters. The zero-order chi connectivity index (χ0) is 16.3. The lowest BCUT2D eigenvalue weighted by Crippen LogP contribution is -2.43. The van der Waals surface area contributed by atoms with Crippen LogP contribution in [0.5, 0.6) is 0 Å². The van der Waals surface area contributed by atoms with Crippen molar-refractivity contribution >= 4 is 11.7 Å². The Morgan fingerprint density at radius 3 is 2.91 bits per heavy atom. The first kappa shape index (κ1) is 16.4. The molecule has 1 aliphatic rings. The number of amides is 1. The van der Waals surface area contributed by atoms with Gasteiger partial charge in [0.05, 0.1) is 41.5 Å². The van der Waals surface area contributed by atoms with Gasteiger partial charge in [0.25, 0.3) is 0 Å². The Bertz CT molecular complexity index is 551. The molecule has 22 heavy (non-hydrogen) atoms. The summed E-state index contributed by atoms with van der Waals surface area (Å²) in [5.41, 5.74) is 0.665. The number of aromatic nitrogens is 2. The highest BCUT2D eigenvalue weighted by Crippen LogP contribution is 2.16. The van der Waals surface area contributed by atoms with Crippen molar-refractivity contribution in [2.45, 2.75) is 52.3 Å². The van der Waals surface area contributed by atoms with Gasteiger partial charge < -0.3 is 20.2 Å². The fraction of sp³-hybridized carbons (Fsp3) is 0.714. The average molecular weight is 310 g/mol. The fourth-order valence-electron chi connectivity index (χ4n) is 2.57. The Kier molecular flexibility index (Phi) is 5.12. The van der Waals surface area contributed by atoms with E-state index in [0.29, 0.717) is 12.2 Å². The number of hydrogen-bond donors (Lipinski definition) is 1. The number of carbonyl (C=O) groups excluding carboxylic acids is 1. The second-order valence-electron chi connectivity index (χ2n) is 5.83. The van der Waals surface area contributed by atoms with E-state index in [9.17, 15) is 14.9 Å². The van der Waals surface area contributed by atoms with Crippen molar-refractivity contribution in [3.63, 3.8) is 0 Å². The molecule has 1 fully saturated rings. The molecule has 0 saturated carbocycles. The molecule has 122 valence electrons. The standard InChI is InChI=1S/C14H22N4O4/c1-9(8-17-10(2)7-13(16-17)18(20)21)14(19)15-11(3)12-5-4-6-22-12/h7,9,11-12H,4-6,8H2,1-3H3,(H,15,19)/t9-,11+,12+/m1/s1. The van der Waals surface area contributed by atoms with E-state index in [4.69, 9.17) is 4.74 Å². The molecule has 1 saturated heterocycles. The average Bonchev–Trinajstić information content (AvgIpc) is 3.09. The van der Waals surface area contributed by atoms with E-state index >= 15 is 0 Å². The van der Waals surface area contributed by atoms with Crippen molar-refractivity contribution in [1.29, 1.82) is 0 Å². The van der Waals surface area contributed by atoms with Crippen LogP contribution >= 0.6 is 0 Å². The van der Waals surface area contributed by atoms with Crippen LogP contribution in [-0.4, -0.2) is 39.4 Å². The molecule has 1 aliphatic heterocycles. The third-order valence-electron chi connectivity index (χ3n) is 3.94. The summed E-state index contributed by atoms with van der Waals surface area (Å²) in [6.45, 7) is 6.51. The van der Waals surface area contributed by atoms with Gasteiger partial charge in [-0.15, -0.1) is 0 Å². The number of rotatable bonds is 6. The van der Waals surface area contributed by atoms with E-state index in [1.54, 1.807) is 13.8 Å². The summed E-state index contributed by atoms with van der Waals surface area (Å²) in [5.74, 6) is -0.625. The van der Waals surface area contributed by atoms with E-state index in [-0.39, 0.29) is 29.8 Å². The molecule has 0 spiro atoms. The van der Waals surface area contributed by atoms with Gasteiger partial charge in [0.1, 0.15) is 0 Å². The first-order valence-corrected chi connectivity index (χ1v) is 7.49. The first-order valence-electron chi connectivity index (χ1n) is 7.49. The zero-order valence-corrected chi connectivity index (χ0v) is 13.1. The molecule has 1 aromatic rings. The molecule has 8 heteroatoms. The van der Waals surface area contributed by atoms with Crippen LogP contribution in [0.15, 0.2) is 6.07 Å². The summed E-state index contributed by atoms with van der Waals surface area (Å²) in [4.78, 5) is 22.4. The van der Waals surface area contributed by atoms with Crippen molar-refractivity contribution in [2.24, 2.45) is 5.92 Å². The number of carbonyl (C=O) groups is 1. The van der Waals surface area contributed by atoms with E-state index in [1.807, 2.05) is 6.92 Å². The van der Waals surface area contributed by atoms with E-state index in [0.717, 1.165) is 19.4 Å². The molecule has 1 N–H and O–H groups in total. The maximum Gasteiger partial charge on any atom is 0.390 e. The maximum atomic E-state index is 12.2. The lowest BCUT2D eigenvalue weighted by molar-refractivity contribution is -0.389. The summed E-state index contributed by atoms with van der Waals surface area (Å²) in [6.07, 6.45) is 2.06. The van der Waals surface area contributed by atoms with Crippen LogP contribution in [0.4, 0.5) is 5.82 Å². The molecule has 1 amide bonds. The highest BCUT2D eigenvalue weighted by atomic mass is 16.6. The fourth-order valence-corrected chi connectivity index (χ4v) is 2.57. The van der Waals surface area contributed by atoms with Gasteiger partial charge in [0.15, 0.2) is 0 Å². The van der Waals surface area contributed by atoms with Gasteiger partial charge in [-0.25, -0.2) is 0 Å². The minimum Gasteiger partial charge on any atom is -0.376 e. The van der Waals surface area contributed by atoms with Crippen LogP contribution in [0.2, 0.25) is 0 Å². The highest BCUT2D eigenvalue weighted by Gasteiger charge is 2.26. The van der Waals surface area contributed by atoms with E-state index < -0.39 is 4.92 Å². The smallest absolute Gasteiger partial charge is 0.376 e. The third-order valence-corrected chi connectivity index (χ3v) is 3.94. The van der Waals surface area contributed by atoms with Crippen LogP contribution in [-0.2, 0) is 16.1 Å². The van der Waals surface area contributed by atoms with Gasteiger partial charge >= 0.3 is 5.82 Å². The molecule has 8 nitrogen and oxygen atoms in total. The van der Waals surface area contributed by atoms with Crippen LogP contribution < -0.4 is 5.32 Å². The molecule has 0 aromatic carbocycles. The second kappa shape index (κ2) is 6.87. The Hall–Kier alpha value is -1.96. The normalized spacial score (nSPS) is 20.6. The van der Waals surface area contributed by atoms with Crippen LogP contribution in [0.3, 0.4) is 0 Å². The van der Waals surface area contributed by atoms with Crippen LogP contribution in [0.1, 0.15) is 32.4 Å². The molecule has 3 atom stereocenters. The molecule has 0 radical (unpaired) electrons. The minimum atomic E-state index is -0.534. The minimum absolute atomic E-state index is 0.0366. The van der Waals surface area contributed by atoms with Crippen molar-refractivity contribution in [1.82, 2.24) is 15.1 Å². The quantitative estimate of drug-likeness (QED) is 0.633. The lowest BCUT2D eigenvalue weighted by atomic mass is 10.1. The number of hydrogen-bond acceptors (Lipinski definition) is 5. The highest BCUT2D eigenvalue weighted by molar-refractivity contribution is 5.78. The summed E-state index contributed by atoms with van der Waals surface area (Å²) < 4.78 is 7.05. The predicted octanol–water partition coefficient (Wildman–Crippen LogP) is 1.42. The van der Waals surface area contributed by atoms with Crippen molar-refractivity contribution in [2.75, 3.05) is 6.61 Å². The second-order valence-corrected chi connectivity index (χ2v) is 5.83. The van der Waals surface area contributed by atoms with Gasteiger partial charge in [0.2, 0.25) is 5.91 Å². The van der Waals surface area contributed by atoms with Gasteiger partial charge in [-0.2, -0.15) is 4.68 Å². The van der Waals surface area contributed by atoms with Crippen molar-refractivity contribution in [3.8, 4) is 0 Å². The Balaban J connectivity index is 1.92. The molecule has 0 aliphatic carbocycles. The lowest BCUT2D eigenvalue weighted by Gasteiger charge is -2.22. The molecule has 2 heterocycles. The first-order chi connectivity index (χ1) is 10.4. The zero-order valence-electron chi connectivity index (χ0n) is 13.1. The number of ether oxygens (including phenoxy) is 1. The summed E-state index contributed by atoms with van der Waals surface area (Å²) in [6, 6.07) is 1.37. The van der Waals surface area contributed by atoms with Crippen molar-refractivity contribution < 1.29 is 14.5 Å². The Morgan fingerprint density at radius 2 is 2.36 bits per heavy atom. The molecule has 1 aromatic heterocycles. The van der Waals surface area contributed by atoms with E-state index in [2.05, 4.69) is 10.4 Å². The van der Waals surface area contributed by atoms with Crippen LogP contribution in [0.25, 0.3) is 0 Å². The van der Waals surface area contributed by atoms with E-state index in [1.165, 1.54) is 10.7 Å². The van der Waals surface area contributed by atoms with Crippen LogP contribution in [0, 0.1) is 23.0 Å². The van der Waals surface area contributed by atoms with Gasteiger partial charge in [0, 0.05) is 6.61 Å². The molecular formula is C14H22N4O4. The van der Waals surface area contributed by atoms with Gasteiger partial charge in [-0.05, 0) is 31.6 Å². The topological polar surface area (TPSA) is 99.3 Å². The molecular weight excluding hydrogens is 288 g/mol. The van der Waals surface area contributed by atoms with Crippen molar-refractivity contribution in [3.05, 3.63) is 21.9 Å². The molecule has 0 bridgehead atoms. The third kappa shape index (κ3) is 3.82. The summed E-state index contributed by atoms with van der Waals surface area (Å²) in [5, 5.41) is 17.6. The number of nitro groups is 1. The maximum absolute atomic E-state index is 12.2. The summed E-state index contributed by atoms with van der Waals surface area (Å²) in [7, 11) is 0. The summed E-state index contributed by atoms with van der Waals surface area (Å²) >= 11 is 0. The van der Waals surface area contributed by atoms with Gasteiger partial charge in [-0.3, -0.25) is 4.79 Å². The predicted molar refractivity (Wildman–Crippen MR) is 79.4 cm³/mol. The Morgan fingerprint density at radius 1 is 1.64 bits per heavy atom. The molecule has 2 rings (SSSR count). The van der Waals surface area contributed by atoms with Gasteiger partial charge in [-0.1, -0.05) is 6.92 Å². The number of nitrogens with one attached hydrogen (secondary N) is 1. The number of aryl methyl sites for hydroxylation is 1. The Labute approximate surface area is 129 Å². The monoisotopic (exact) mass is 310 g/mol. The largest absolute Gasteiger partial charge is 0.390 e. The SMILES string of the molecule is Cc1cc([N+](=O)[O-])nn1C[C@@H](C)C(=O)N[C@@H](C)[C@@H]1CCCO1.